The summed E-state index contributed by atoms with van der Waals surface area (Å²) in [6.07, 6.45) is -0.000000000000000222. The minimum Gasteiger partial charge on any atom is -0.481 e. The fraction of sp³-hybridized carbons (Fsp3) is 0.800. The summed E-state index contributed by atoms with van der Waals surface area (Å²) in [6.45, 7) is 6.13. The molecule has 0 fully saturated rings. The van der Waals surface area contributed by atoms with Crippen LogP contribution in [0.2, 0.25) is 0 Å². The zero-order chi connectivity index (χ0) is 12.7. The summed E-state index contributed by atoms with van der Waals surface area (Å²) in [4.78, 5) is 9.85. The lowest BCUT2D eigenvalue weighted by molar-refractivity contribution is -0.141. The molecule has 0 aromatic carbocycles. The average molecular weight is 235 g/mol. The summed E-state index contributed by atoms with van der Waals surface area (Å²) >= 11 is 0. The number of carboxylic acid groups (broad SMARTS) is 1. The van der Waals surface area contributed by atoms with Gasteiger partial charge in [-0.2, -0.15) is 5.26 Å². The number of carbonyl (C=O) groups is 1. The Morgan fingerprint density at radius 1 is 1.19 bits per heavy atom. The SMILES string of the molecule is CC(C)(O)CC#N.CC(C)(O)CC(=O)O.O. The van der Waals surface area contributed by atoms with E-state index in [4.69, 9.17) is 20.6 Å². The van der Waals surface area contributed by atoms with Crippen LogP contribution in [0, 0.1) is 11.3 Å². The first-order valence-electron chi connectivity index (χ1n) is 4.51. The molecule has 0 aromatic heterocycles. The molecule has 0 unspecified atom stereocenters. The van der Waals surface area contributed by atoms with Crippen molar-refractivity contribution >= 4 is 5.97 Å². The summed E-state index contributed by atoms with van der Waals surface area (Å²) in [5.41, 5.74) is -1.89. The van der Waals surface area contributed by atoms with Crippen molar-refractivity contribution in [2.45, 2.75) is 51.7 Å². The highest BCUT2D eigenvalue weighted by Gasteiger charge is 2.16. The van der Waals surface area contributed by atoms with E-state index in [9.17, 15) is 4.79 Å². The second kappa shape index (κ2) is 8.05. The monoisotopic (exact) mass is 235 g/mol. The Hall–Kier alpha value is -1.16. The molecule has 0 radical (unpaired) electrons. The van der Waals surface area contributed by atoms with Crippen LogP contribution < -0.4 is 0 Å². The van der Waals surface area contributed by atoms with Crippen LogP contribution >= 0.6 is 0 Å². The van der Waals surface area contributed by atoms with Gasteiger partial charge in [-0.3, -0.25) is 4.79 Å². The molecule has 0 atom stereocenters. The largest absolute Gasteiger partial charge is 0.481 e. The molecule has 0 aliphatic rings. The van der Waals surface area contributed by atoms with Crippen LogP contribution in [0.3, 0.4) is 0 Å². The van der Waals surface area contributed by atoms with Gasteiger partial charge in [0, 0.05) is 0 Å². The van der Waals surface area contributed by atoms with Gasteiger partial charge in [0.1, 0.15) is 0 Å². The zero-order valence-electron chi connectivity index (χ0n) is 10.1. The van der Waals surface area contributed by atoms with Gasteiger partial charge in [0.05, 0.1) is 30.1 Å². The fourth-order valence-corrected chi connectivity index (χ4v) is 0.564. The minimum atomic E-state index is -1.08. The molecule has 0 saturated carbocycles. The van der Waals surface area contributed by atoms with Gasteiger partial charge in [-0.1, -0.05) is 0 Å². The first kappa shape index (κ1) is 20.3. The van der Waals surface area contributed by atoms with E-state index in [0.29, 0.717) is 0 Å². The molecule has 6 nitrogen and oxygen atoms in total. The third-order valence-electron chi connectivity index (χ3n) is 1.10. The maximum atomic E-state index is 9.85. The van der Waals surface area contributed by atoms with Crippen molar-refractivity contribution in [3.05, 3.63) is 0 Å². The summed E-state index contributed by atoms with van der Waals surface area (Å²) < 4.78 is 0. The van der Waals surface area contributed by atoms with Crippen molar-refractivity contribution in [1.82, 2.24) is 0 Å². The fourth-order valence-electron chi connectivity index (χ4n) is 0.564. The Morgan fingerprint density at radius 3 is 1.56 bits per heavy atom. The second-order valence-corrected chi connectivity index (χ2v) is 4.53. The van der Waals surface area contributed by atoms with E-state index >= 15 is 0 Å². The number of hydrogen-bond acceptors (Lipinski definition) is 4. The van der Waals surface area contributed by atoms with Gasteiger partial charge in [-0.25, -0.2) is 0 Å². The number of aliphatic hydroxyl groups is 2. The molecular weight excluding hydrogens is 214 g/mol. The van der Waals surface area contributed by atoms with Crippen molar-refractivity contribution in [2.75, 3.05) is 0 Å². The van der Waals surface area contributed by atoms with Crippen LogP contribution in [-0.2, 0) is 4.79 Å². The van der Waals surface area contributed by atoms with E-state index in [1.165, 1.54) is 13.8 Å². The molecule has 6 heteroatoms. The second-order valence-electron chi connectivity index (χ2n) is 4.53. The van der Waals surface area contributed by atoms with Crippen molar-refractivity contribution in [2.24, 2.45) is 0 Å². The average Bonchev–Trinajstić information content (AvgIpc) is 1.77. The molecule has 96 valence electrons. The first-order chi connectivity index (χ1) is 6.48. The number of nitrogens with zero attached hydrogens (tertiary/aromatic N) is 1. The first-order valence-corrected chi connectivity index (χ1v) is 4.51. The molecular formula is C10H21NO5. The van der Waals surface area contributed by atoms with Gasteiger partial charge in [0.25, 0.3) is 0 Å². The highest BCUT2D eigenvalue weighted by molar-refractivity contribution is 5.67. The standard InChI is InChI=1S/C5H9NO.C5H10O3.H2O/c1-5(2,7)3-4-6;1-5(2,8)3-4(6)7;/h7H,3H2,1-2H3;8H,3H2,1-2H3,(H,6,7);1H2. The van der Waals surface area contributed by atoms with Gasteiger partial charge in [-0.05, 0) is 27.7 Å². The summed E-state index contributed by atoms with van der Waals surface area (Å²) in [5, 5.41) is 33.7. The Labute approximate surface area is 95.4 Å². The van der Waals surface area contributed by atoms with Crippen LogP contribution in [0.5, 0.6) is 0 Å². The summed E-state index contributed by atoms with van der Waals surface area (Å²) in [6, 6.07) is 1.86. The Morgan fingerprint density at radius 2 is 1.56 bits per heavy atom. The highest BCUT2D eigenvalue weighted by Crippen LogP contribution is 2.05. The minimum absolute atomic E-state index is 0. The molecule has 0 aromatic rings. The lowest BCUT2D eigenvalue weighted by Gasteiger charge is -2.12. The van der Waals surface area contributed by atoms with Crippen LogP contribution in [0.4, 0.5) is 0 Å². The van der Waals surface area contributed by atoms with Crippen molar-refractivity contribution in [1.29, 1.82) is 5.26 Å². The van der Waals surface area contributed by atoms with Crippen LogP contribution in [-0.4, -0.2) is 38.0 Å². The van der Waals surface area contributed by atoms with E-state index in [1.54, 1.807) is 13.8 Å². The molecule has 0 aliphatic carbocycles. The Balaban J connectivity index is -0.000000200. The van der Waals surface area contributed by atoms with Crippen molar-refractivity contribution in [3.8, 4) is 6.07 Å². The number of carboxylic acids is 1. The number of aliphatic carboxylic acids is 1. The van der Waals surface area contributed by atoms with E-state index in [-0.39, 0.29) is 18.3 Å². The Kier molecular flexibility index (Phi) is 10.2. The van der Waals surface area contributed by atoms with E-state index in [2.05, 4.69) is 0 Å². The molecule has 0 heterocycles. The summed E-state index contributed by atoms with van der Waals surface area (Å²) in [7, 11) is 0. The molecule has 16 heavy (non-hydrogen) atoms. The number of rotatable bonds is 3. The summed E-state index contributed by atoms with van der Waals surface area (Å²) in [5.74, 6) is -0.975. The topological polar surface area (TPSA) is 133 Å². The maximum Gasteiger partial charge on any atom is 0.306 e. The van der Waals surface area contributed by atoms with Crippen molar-refractivity contribution in [3.63, 3.8) is 0 Å². The van der Waals surface area contributed by atoms with Crippen LogP contribution in [0.1, 0.15) is 40.5 Å². The van der Waals surface area contributed by atoms with E-state index < -0.39 is 17.2 Å². The molecule has 5 N–H and O–H groups in total. The van der Waals surface area contributed by atoms with Gasteiger partial charge >= 0.3 is 5.97 Å². The van der Waals surface area contributed by atoms with E-state index in [1.807, 2.05) is 6.07 Å². The lowest BCUT2D eigenvalue weighted by Crippen LogP contribution is -2.22. The number of nitriles is 1. The predicted octanol–water partition coefficient (Wildman–Crippen LogP) is 0.0783. The molecule has 0 saturated heterocycles. The van der Waals surface area contributed by atoms with Gasteiger partial charge in [-0.15, -0.1) is 0 Å². The maximum absolute atomic E-state index is 9.85. The normalized spacial score (nSPS) is 10.3. The van der Waals surface area contributed by atoms with Gasteiger partial charge < -0.3 is 20.8 Å². The lowest BCUT2D eigenvalue weighted by atomic mass is 10.1. The zero-order valence-corrected chi connectivity index (χ0v) is 10.1. The number of hydrogen-bond donors (Lipinski definition) is 3. The molecule has 0 bridgehead atoms. The molecule has 0 rings (SSSR count). The van der Waals surface area contributed by atoms with Gasteiger partial charge in [0.15, 0.2) is 0 Å². The smallest absolute Gasteiger partial charge is 0.306 e. The Bertz CT molecular complexity index is 231. The molecule has 0 spiro atoms. The third-order valence-corrected chi connectivity index (χ3v) is 1.10. The van der Waals surface area contributed by atoms with Gasteiger partial charge in [0.2, 0.25) is 0 Å². The predicted molar refractivity (Wildman–Crippen MR) is 58.7 cm³/mol. The quantitative estimate of drug-likeness (QED) is 0.636. The van der Waals surface area contributed by atoms with Crippen LogP contribution in [0.25, 0.3) is 0 Å². The van der Waals surface area contributed by atoms with Crippen LogP contribution in [0.15, 0.2) is 0 Å². The molecule has 0 aliphatic heterocycles. The molecule has 0 amide bonds. The van der Waals surface area contributed by atoms with E-state index in [0.717, 1.165) is 0 Å². The third kappa shape index (κ3) is 29.3. The van der Waals surface area contributed by atoms with Crippen molar-refractivity contribution < 1.29 is 25.6 Å². The highest BCUT2D eigenvalue weighted by atomic mass is 16.4.